The van der Waals surface area contributed by atoms with E-state index in [1.165, 1.54) is 0 Å². The summed E-state index contributed by atoms with van der Waals surface area (Å²) in [5.74, 6) is 0. The zero-order valence-electron chi connectivity index (χ0n) is 13.5. The van der Waals surface area contributed by atoms with E-state index in [-0.39, 0.29) is 6.03 Å². The number of benzene rings is 2. The van der Waals surface area contributed by atoms with Gasteiger partial charge in [0.1, 0.15) is 0 Å². The molecule has 23 heavy (non-hydrogen) atoms. The molecule has 0 aliphatic heterocycles. The fourth-order valence-corrected chi connectivity index (χ4v) is 2.47. The third-order valence-electron chi connectivity index (χ3n) is 3.63. The number of urea groups is 1. The number of nitrogens with one attached hydrogen (secondary N) is 1. The topological polar surface area (TPSA) is 32.3 Å². The maximum absolute atomic E-state index is 12.6. The number of unbranched alkanes of at least 4 members (excludes halogenated alkanes) is 2. The summed E-state index contributed by atoms with van der Waals surface area (Å²) < 4.78 is 0. The second-order valence-electron chi connectivity index (χ2n) is 5.55. The Morgan fingerprint density at radius 3 is 2.39 bits per heavy atom. The Kier molecular flexibility index (Phi) is 6.95. The molecule has 2 aromatic carbocycles. The molecule has 0 saturated carbocycles. The average Bonchev–Trinajstić information content (AvgIpc) is 2.57. The number of carbonyl (C=O) groups is 1. The van der Waals surface area contributed by atoms with Gasteiger partial charge in [-0.1, -0.05) is 61.7 Å². The van der Waals surface area contributed by atoms with Crippen molar-refractivity contribution in [1.82, 2.24) is 4.90 Å². The van der Waals surface area contributed by atoms with E-state index in [1.807, 2.05) is 59.5 Å². The maximum Gasteiger partial charge on any atom is 0.322 e. The summed E-state index contributed by atoms with van der Waals surface area (Å²) in [6, 6.07) is 17.1. The predicted octanol–water partition coefficient (Wildman–Crippen LogP) is 5.56. The van der Waals surface area contributed by atoms with Crippen LogP contribution in [0.2, 0.25) is 5.02 Å². The molecular formula is C19H23ClN2O. The fourth-order valence-electron chi connectivity index (χ4n) is 2.34. The zero-order chi connectivity index (χ0) is 16.5. The molecule has 0 radical (unpaired) electrons. The lowest BCUT2D eigenvalue weighted by Gasteiger charge is -2.23. The number of hydrogen-bond acceptors (Lipinski definition) is 1. The van der Waals surface area contributed by atoms with Crippen molar-refractivity contribution in [2.45, 2.75) is 32.7 Å². The van der Waals surface area contributed by atoms with Gasteiger partial charge in [-0.3, -0.25) is 0 Å². The minimum Gasteiger partial charge on any atom is -0.320 e. The molecule has 0 aliphatic carbocycles. The van der Waals surface area contributed by atoms with Gasteiger partial charge >= 0.3 is 6.03 Å². The van der Waals surface area contributed by atoms with Crippen LogP contribution >= 0.6 is 11.6 Å². The molecule has 3 nitrogen and oxygen atoms in total. The van der Waals surface area contributed by atoms with Crippen molar-refractivity contribution in [2.75, 3.05) is 11.9 Å². The molecule has 0 aliphatic rings. The summed E-state index contributed by atoms with van der Waals surface area (Å²) in [6.45, 7) is 3.49. The average molecular weight is 331 g/mol. The van der Waals surface area contributed by atoms with Crippen molar-refractivity contribution in [1.29, 1.82) is 0 Å². The minimum atomic E-state index is -0.0674. The van der Waals surface area contributed by atoms with Gasteiger partial charge in [-0.05, 0) is 36.2 Å². The molecule has 0 fully saturated rings. The first kappa shape index (κ1) is 17.4. The Bertz CT molecular complexity index is 599. The van der Waals surface area contributed by atoms with Crippen LogP contribution in [0.15, 0.2) is 54.6 Å². The van der Waals surface area contributed by atoms with Crippen LogP contribution in [-0.4, -0.2) is 17.5 Å². The van der Waals surface area contributed by atoms with Gasteiger partial charge < -0.3 is 10.2 Å². The summed E-state index contributed by atoms with van der Waals surface area (Å²) >= 11 is 5.93. The lowest BCUT2D eigenvalue weighted by molar-refractivity contribution is 0.208. The molecule has 0 bridgehead atoms. The third-order valence-corrected chi connectivity index (χ3v) is 3.88. The normalized spacial score (nSPS) is 10.3. The number of rotatable bonds is 7. The molecule has 2 amide bonds. The Hall–Kier alpha value is -2.00. The second kappa shape index (κ2) is 9.21. The maximum atomic E-state index is 12.6. The molecule has 0 saturated heterocycles. The number of hydrogen-bond donors (Lipinski definition) is 1. The highest BCUT2D eigenvalue weighted by Crippen LogP contribution is 2.14. The van der Waals surface area contributed by atoms with Crippen LogP contribution in [0.25, 0.3) is 0 Å². The third kappa shape index (κ3) is 5.95. The van der Waals surface area contributed by atoms with Crippen LogP contribution in [0.3, 0.4) is 0 Å². The van der Waals surface area contributed by atoms with Gasteiger partial charge in [0.25, 0.3) is 0 Å². The van der Waals surface area contributed by atoms with Crippen molar-refractivity contribution in [3.8, 4) is 0 Å². The number of carbonyl (C=O) groups excluding carboxylic acids is 1. The molecule has 122 valence electrons. The smallest absolute Gasteiger partial charge is 0.320 e. The van der Waals surface area contributed by atoms with E-state index in [9.17, 15) is 4.79 Å². The SMILES string of the molecule is CCCCCN(Cc1ccc(Cl)cc1)C(=O)Nc1ccccc1. The highest BCUT2D eigenvalue weighted by Gasteiger charge is 2.13. The van der Waals surface area contributed by atoms with Crippen LogP contribution in [0.1, 0.15) is 31.7 Å². The number of para-hydroxylation sites is 1. The summed E-state index contributed by atoms with van der Waals surface area (Å²) in [5.41, 5.74) is 1.89. The van der Waals surface area contributed by atoms with Crippen LogP contribution in [-0.2, 0) is 6.54 Å². The minimum absolute atomic E-state index is 0.0674. The van der Waals surface area contributed by atoms with Gasteiger partial charge in [-0.15, -0.1) is 0 Å². The lowest BCUT2D eigenvalue weighted by atomic mass is 10.2. The van der Waals surface area contributed by atoms with Gasteiger partial charge in [0.2, 0.25) is 0 Å². The van der Waals surface area contributed by atoms with Gasteiger partial charge in [-0.2, -0.15) is 0 Å². The van der Waals surface area contributed by atoms with Crippen molar-refractivity contribution < 1.29 is 4.79 Å². The molecule has 0 atom stereocenters. The standard InChI is InChI=1S/C19H23ClN2O/c1-2-3-7-14-22(15-16-10-12-17(20)13-11-16)19(23)21-18-8-5-4-6-9-18/h4-6,8-13H,2-3,7,14-15H2,1H3,(H,21,23). The van der Waals surface area contributed by atoms with Crippen molar-refractivity contribution in [3.05, 3.63) is 65.2 Å². The Labute approximate surface area is 143 Å². The number of nitrogens with zero attached hydrogens (tertiary/aromatic N) is 1. The monoisotopic (exact) mass is 330 g/mol. The summed E-state index contributed by atoms with van der Waals surface area (Å²) in [4.78, 5) is 14.4. The van der Waals surface area contributed by atoms with Gasteiger partial charge in [0, 0.05) is 23.8 Å². The van der Waals surface area contributed by atoms with E-state index in [4.69, 9.17) is 11.6 Å². The highest BCUT2D eigenvalue weighted by atomic mass is 35.5. The van der Waals surface area contributed by atoms with E-state index in [2.05, 4.69) is 12.2 Å². The highest BCUT2D eigenvalue weighted by molar-refractivity contribution is 6.30. The van der Waals surface area contributed by atoms with E-state index in [0.29, 0.717) is 11.6 Å². The molecule has 2 aromatic rings. The van der Waals surface area contributed by atoms with Gasteiger partial charge in [0.15, 0.2) is 0 Å². The summed E-state index contributed by atoms with van der Waals surface area (Å²) in [5, 5.41) is 3.67. The molecule has 2 rings (SSSR count). The molecule has 1 N–H and O–H groups in total. The Balaban J connectivity index is 2.03. The summed E-state index contributed by atoms with van der Waals surface area (Å²) in [7, 11) is 0. The number of amides is 2. The van der Waals surface area contributed by atoms with E-state index >= 15 is 0 Å². The molecule has 4 heteroatoms. The number of halogens is 1. The molecular weight excluding hydrogens is 308 g/mol. The van der Waals surface area contributed by atoms with Crippen LogP contribution in [0.5, 0.6) is 0 Å². The largest absolute Gasteiger partial charge is 0.322 e. The Morgan fingerprint density at radius 1 is 1.04 bits per heavy atom. The van der Waals surface area contributed by atoms with Crippen LogP contribution in [0.4, 0.5) is 10.5 Å². The molecule has 0 spiro atoms. The molecule has 0 heterocycles. The van der Waals surface area contributed by atoms with Crippen molar-refractivity contribution in [2.24, 2.45) is 0 Å². The summed E-state index contributed by atoms with van der Waals surface area (Å²) in [6.07, 6.45) is 3.26. The first-order chi connectivity index (χ1) is 11.2. The quantitative estimate of drug-likeness (QED) is 0.662. The fraction of sp³-hybridized carbons (Fsp3) is 0.316. The van der Waals surface area contributed by atoms with E-state index in [1.54, 1.807) is 0 Å². The van der Waals surface area contributed by atoms with E-state index < -0.39 is 0 Å². The molecule has 0 aromatic heterocycles. The van der Waals surface area contributed by atoms with Crippen molar-refractivity contribution in [3.63, 3.8) is 0 Å². The van der Waals surface area contributed by atoms with E-state index in [0.717, 1.165) is 37.1 Å². The van der Waals surface area contributed by atoms with Crippen LogP contribution < -0.4 is 5.32 Å². The molecule has 0 unspecified atom stereocenters. The first-order valence-corrected chi connectivity index (χ1v) is 8.42. The second-order valence-corrected chi connectivity index (χ2v) is 5.99. The lowest BCUT2D eigenvalue weighted by Crippen LogP contribution is -2.35. The van der Waals surface area contributed by atoms with Gasteiger partial charge in [0.05, 0.1) is 0 Å². The Morgan fingerprint density at radius 2 is 1.74 bits per heavy atom. The van der Waals surface area contributed by atoms with Crippen molar-refractivity contribution >= 4 is 23.3 Å². The first-order valence-electron chi connectivity index (χ1n) is 8.04. The van der Waals surface area contributed by atoms with Crippen LogP contribution in [0, 0.1) is 0 Å². The zero-order valence-corrected chi connectivity index (χ0v) is 14.2. The van der Waals surface area contributed by atoms with Gasteiger partial charge in [-0.25, -0.2) is 4.79 Å². The number of anilines is 1. The predicted molar refractivity (Wildman–Crippen MR) is 96.8 cm³/mol.